The van der Waals surface area contributed by atoms with E-state index in [1.165, 1.54) is 14.2 Å². The molecular weight excluding hydrogens is 579 g/mol. The molecule has 2 saturated heterocycles. The van der Waals surface area contributed by atoms with Gasteiger partial charge in [0.05, 0.1) is 19.8 Å². The number of ether oxygens (including phenoxy) is 3. The minimum Gasteiger partial charge on any atom is -0.481 e. The molecule has 0 aliphatic carbocycles. The Labute approximate surface area is 254 Å². The van der Waals surface area contributed by atoms with Gasteiger partial charge in [-0.2, -0.15) is 23.1 Å². The van der Waals surface area contributed by atoms with Crippen LogP contribution in [0.4, 0.5) is 13.2 Å². The first kappa shape index (κ1) is 31.5. The van der Waals surface area contributed by atoms with Crippen LogP contribution in [0.1, 0.15) is 22.6 Å². The normalized spacial score (nSPS) is 19.5. The summed E-state index contributed by atoms with van der Waals surface area (Å²) in [6.07, 6.45) is -4.56. The molecule has 0 saturated carbocycles. The third-order valence-corrected chi connectivity index (χ3v) is 8.10. The standard InChI is InChI=1S/C31H36F3N5O5/c1-42-28-24(29(43-2)36-30(35-28)44-20-31(32,33)34)17-37-15-23-16-38(26(41)19-40)13-14-39(23)25(18-37)27(21-9-5-3-6-10-21)22-11-7-4-8-12-22/h3-12,23,25,27,40H,13-20H2,1-2H3/t23-,25+/m1/s1. The van der Waals surface area contributed by atoms with E-state index in [2.05, 4.69) is 44.0 Å². The van der Waals surface area contributed by atoms with Crippen molar-refractivity contribution in [1.82, 2.24) is 24.7 Å². The summed E-state index contributed by atoms with van der Waals surface area (Å²) in [6, 6.07) is 20.0. The van der Waals surface area contributed by atoms with Crippen molar-refractivity contribution in [2.75, 3.05) is 60.2 Å². The van der Waals surface area contributed by atoms with Gasteiger partial charge in [0.25, 0.3) is 0 Å². The number of fused-ring (bicyclic) bond motifs is 1. The molecule has 236 valence electrons. The van der Waals surface area contributed by atoms with Crippen LogP contribution >= 0.6 is 0 Å². The van der Waals surface area contributed by atoms with E-state index in [0.29, 0.717) is 38.3 Å². The fourth-order valence-corrected chi connectivity index (χ4v) is 6.25. The lowest BCUT2D eigenvalue weighted by Crippen LogP contribution is -2.67. The topological polar surface area (TPSA) is 100 Å². The maximum Gasteiger partial charge on any atom is 0.422 e. The summed E-state index contributed by atoms with van der Waals surface area (Å²) in [6.45, 7) is 0.967. The van der Waals surface area contributed by atoms with Gasteiger partial charge in [0.15, 0.2) is 6.61 Å². The summed E-state index contributed by atoms with van der Waals surface area (Å²) in [7, 11) is 2.75. The number of carbonyl (C=O) groups is 1. The number of rotatable bonds is 10. The lowest BCUT2D eigenvalue weighted by Gasteiger charge is -2.53. The molecular formula is C31H36F3N5O5. The minimum absolute atomic E-state index is 0.000906. The number of amides is 1. The molecule has 2 aromatic carbocycles. The van der Waals surface area contributed by atoms with E-state index in [9.17, 15) is 23.1 Å². The zero-order chi connectivity index (χ0) is 31.3. The molecule has 2 aliphatic heterocycles. The number of alkyl halides is 3. The van der Waals surface area contributed by atoms with E-state index in [0.717, 1.165) is 11.1 Å². The third-order valence-electron chi connectivity index (χ3n) is 8.10. The summed E-state index contributed by atoms with van der Waals surface area (Å²) < 4.78 is 54.1. The van der Waals surface area contributed by atoms with Crippen LogP contribution in [-0.2, 0) is 11.3 Å². The molecule has 3 aromatic rings. The van der Waals surface area contributed by atoms with Crippen LogP contribution in [0.25, 0.3) is 0 Å². The third kappa shape index (κ3) is 7.22. The Kier molecular flexibility index (Phi) is 9.87. The summed E-state index contributed by atoms with van der Waals surface area (Å²) in [5.74, 6) is -0.207. The zero-order valence-corrected chi connectivity index (χ0v) is 24.6. The van der Waals surface area contributed by atoms with Crippen LogP contribution < -0.4 is 14.2 Å². The van der Waals surface area contributed by atoms with Gasteiger partial charge in [0, 0.05) is 57.3 Å². The van der Waals surface area contributed by atoms with Gasteiger partial charge in [0.2, 0.25) is 17.7 Å². The second-order valence-electron chi connectivity index (χ2n) is 10.9. The van der Waals surface area contributed by atoms with E-state index < -0.39 is 25.4 Å². The Morgan fingerprint density at radius 3 is 2.05 bits per heavy atom. The molecule has 44 heavy (non-hydrogen) atoms. The largest absolute Gasteiger partial charge is 0.481 e. The molecule has 5 rings (SSSR count). The molecule has 1 aromatic heterocycles. The van der Waals surface area contributed by atoms with Crippen LogP contribution in [0.2, 0.25) is 0 Å². The van der Waals surface area contributed by atoms with Crippen molar-refractivity contribution < 1.29 is 37.3 Å². The molecule has 2 fully saturated rings. The summed E-state index contributed by atoms with van der Waals surface area (Å²) in [5, 5.41) is 9.56. The van der Waals surface area contributed by atoms with Crippen LogP contribution in [-0.4, -0.2) is 114 Å². The quantitative estimate of drug-likeness (QED) is 0.369. The highest BCUT2D eigenvalue weighted by molar-refractivity contribution is 5.77. The van der Waals surface area contributed by atoms with Crippen LogP contribution in [0, 0.1) is 0 Å². The van der Waals surface area contributed by atoms with Crippen molar-refractivity contribution in [2.24, 2.45) is 0 Å². The average molecular weight is 616 g/mol. The van der Waals surface area contributed by atoms with E-state index in [-0.39, 0.29) is 42.2 Å². The maximum atomic E-state index is 12.8. The molecule has 1 amide bonds. The van der Waals surface area contributed by atoms with Gasteiger partial charge in [-0.3, -0.25) is 14.6 Å². The minimum atomic E-state index is -4.56. The van der Waals surface area contributed by atoms with E-state index >= 15 is 0 Å². The molecule has 1 N–H and O–H groups in total. The number of halogens is 3. The highest BCUT2D eigenvalue weighted by atomic mass is 19.4. The predicted molar refractivity (Wildman–Crippen MR) is 155 cm³/mol. The van der Waals surface area contributed by atoms with E-state index in [1.807, 2.05) is 36.4 Å². The lowest BCUT2D eigenvalue weighted by molar-refractivity contribution is -0.154. The highest BCUT2D eigenvalue weighted by Gasteiger charge is 2.43. The Morgan fingerprint density at radius 1 is 0.932 bits per heavy atom. The average Bonchev–Trinajstić information content (AvgIpc) is 3.04. The van der Waals surface area contributed by atoms with Crippen molar-refractivity contribution in [3.8, 4) is 17.8 Å². The predicted octanol–water partition coefficient (Wildman–Crippen LogP) is 2.96. The van der Waals surface area contributed by atoms with Gasteiger partial charge in [-0.05, 0) is 11.1 Å². The number of aromatic nitrogens is 2. The van der Waals surface area contributed by atoms with Gasteiger partial charge in [-0.1, -0.05) is 60.7 Å². The molecule has 0 radical (unpaired) electrons. The fourth-order valence-electron chi connectivity index (χ4n) is 6.25. The molecule has 0 spiro atoms. The van der Waals surface area contributed by atoms with Crippen molar-refractivity contribution in [3.63, 3.8) is 0 Å². The highest BCUT2D eigenvalue weighted by Crippen LogP contribution is 2.37. The molecule has 2 aliphatic rings. The van der Waals surface area contributed by atoms with E-state index in [1.54, 1.807) is 4.90 Å². The zero-order valence-electron chi connectivity index (χ0n) is 24.6. The second kappa shape index (κ2) is 13.8. The molecule has 13 heteroatoms. The summed E-state index contributed by atoms with van der Waals surface area (Å²) >= 11 is 0. The van der Waals surface area contributed by atoms with Crippen molar-refractivity contribution in [2.45, 2.75) is 30.7 Å². The molecule has 10 nitrogen and oxygen atoms in total. The number of aliphatic hydroxyl groups excluding tert-OH is 1. The Bertz CT molecular complexity index is 1330. The monoisotopic (exact) mass is 615 g/mol. The number of aliphatic hydroxyl groups is 1. The smallest absolute Gasteiger partial charge is 0.422 e. The molecule has 2 atom stereocenters. The number of benzene rings is 2. The molecule has 0 unspecified atom stereocenters. The van der Waals surface area contributed by atoms with Gasteiger partial charge in [0.1, 0.15) is 6.61 Å². The second-order valence-corrected chi connectivity index (χ2v) is 10.9. The number of piperazine rings is 2. The SMILES string of the molecule is COc1nc(OCC(F)(F)F)nc(OC)c1CN1C[C@@H]2CN(C(=O)CO)CCN2[C@H](C(c2ccccc2)c2ccccc2)C1. The number of carbonyl (C=O) groups excluding carboxylic acids is 1. The lowest BCUT2D eigenvalue weighted by atomic mass is 9.81. The summed E-state index contributed by atoms with van der Waals surface area (Å²) in [5.41, 5.74) is 2.78. The number of methoxy groups -OCH3 is 2. The Hall–Kier alpha value is -3.94. The first-order chi connectivity index (χ1) is 21.2. The number of hydrogen-bond acceptors (Lipinski definition) is 9. The fraction of sp³-hybridized carbons (Fsp3) is 0.452. The van der Waals surface area contributed by atoms with Crippen molar-refractivity contribution in [1.29, 1.82) is 0 Å². The van der Waals surface area contributed by atoms with Gasteiger partial charge < -0.3 is 24.2 Å². The molecule has 0 bridgehead atoms. The first-order valence-corrected chi connectivity index (χ1v) is 14.4. The first-order valence-electron chi connectivity index (χ1n) is 14.4. The maximum absolute atomic E-state index is 12.8. The van der Waals surface area contributed by atoms with Crippen LogP contribution in [0.3, 0.4) is 0 Å². The van der Waals surface area contributed by atoms with Gasteiger partial charge >= 0.3 is 12.2 Å². The Balaban J connectivity index is 1.50. The Morgan fingerprint density at radius 2 is 1.52 bits per heavy atom. The molecule has 3 heterocycles. The van der Waals surface area contributed by atoms with Gasteiger partial charge in [-0.25, -0.2) is 0 Å². The van der Waals surface area contributed by atoms with Crippen molar-refractivity contribution >= 4 is 5.91 Å². The van der Waals surface area contributed by atoms with E-state index in [4.69, 9.17) is 14.2 Å². The van der Waals surface area contributed by atoms with Crippen LogP contribution in [0.5, 0.6) is 17.8 Å². The number of nitrogens with zero attached hydrogens (tertiary/aromatic N) is 5. The van der Waals surface area contributed by atoms with Gasteiger partial charge in [-0.15, -0.1) is 0 Å². The van der Waals surface area contributed by atoms with Crippen molar-refractivity contribution in [3.05, 3.63) is 77.4 Å². The van der Waals surface area contributed by atoms with Crippen LogP contribution in [0.15, 0.2) is 60.7 Å². The number of hydrogen-bond donors (Lipinski definition) is 1. The summed E-state index contributed by atoms with van der Waals surface area (Å²) in [4.78, 5) is 27.0.